The molecule has 1 amide bonds. The van der Waals surface area contributed by atoms with Gasteiger partial charge in [-0.25, -0.2) is 9.97 Å². The Morgan fingerprint density at radius 3 is 2.64 bits per heavy atom. The van der Waals surface area contributed by atoms with Gasteiger partial charge in [-0.15, -0.1) is 0 Å². The highest BCUT2D eigenvalue weighted by molar-refractivity contribution is 5.92. The molecule has 2 aromatic carbocycles. The number of para-hydroxylation sites is 1. The summed E-state index contributed by atoms with van der Waals surface area (Å²) in [4.78, 5) is 20.4. The molecule has 3 rings (SSSR count). The number of fused-ring (bicyclic) bond motifs is 1. The van der Waals surface area contributed by atoms with Crippen LogP contribution in [0.5, 0.6) is 5.88 Å². The van der Waals surface area contributed by atoms with Crippen LogP contribution in [0, 0.1) is 0 Å². The van der Waals surface area contributed by atoms with Crippen molar-refractivity contribution in [3.8, 4) is 5.88 Å². The van der Waals surface area contributed by atoms with Crippen LogP contribution in [0.4, 0.5) is 5.69 Å². The van der Waals surface area contributed by atoms with Crippen molar-refractivity contribution in [3.63, 3.8) is 0 Å². The molecule has 0 aliphatic heterocycles. The number of carbonyl (C=O) groups excluding carboxylic acids is 1. The van der Waals surface area contributed by atoms with Gasteiger partial charge in [0, 0.05) is 5.69 Å². The number of anilines is 1. The molecule has 0 saturated heterocycles. The van der Waals surface area contributed by atoms with E-state index in [0.29, 0.717) is 11.8 Å². The monoisotopic (exact) mass is 335 g/mol. The minimum Gasteiger partial charge on any atom is -0.467 e. The van der Waals surface area contributed by atoms with Crippen LogP contribution in [0.3, 0.4) is 0 Å². The zero-order chi connectivity index (χ0) is 17.6. The van der Waals surface area contributed by atoms with Crippen molar-refractivity contribution in [2.75, 3.05) is 11.9 Å². The summed E-state index contributed by atoms with van der Waals surface area (Å²) >= 11 is 0. The van der Waals surface area contributed by atoms with E-state index in [0.717, 1.165) is 23.0 Å². The van der Waals surface area contributed by atoms with Crippen molar-refractivity contribution < 1.29 is 9.53 Å². The lowest BCUT2D eigenvalue weighted by Gasteiger charge is -2.11. The number of nitrogens with one attached hydrogen (secondary N) is 1. The Kier molecular flexibility index (Phi) is 5.23. The van der Waals surface area contributed by atoms with Crippen LogP contribution < -0.4 is 10.1 Å². The lowest BCUT2D eigenvalue weighted by molar-refractivity contribution is -0.118. The third kappa shape index (κ3) is 4.12. The van der Waals surface area contributed by atoms with Gasteiger partial charge in [0.15, 0.2) is 6.61 Å². The molecule has 0 saturated carbocycles. The topological polar surface area (TPSA) is 64.1 Å². The summed E-state index contributed by atoms with van der Waals surface area (Å²) < 4.78 is 5.57. The molecule has 128 valence electrons. The fraction of sp³-hybridized carbons (Fsp3) is 0.250. The van der Waals surface area contributed by atoms with E-state index in [1.165, 1.54) is 11.9 Å². The maximum absolute atomic E-state index is 12.1. The minimum absolute atomic E-state index is 0.103. The standard InChI is InChI=1S/C20H21N3O2/c1-3-14(2)15-8-10-16(11-9-15)23-19(24)12-25-20-17-6-4-5-7-18(17)21-13-22-20/h4-11,13-14H,3,12H2,1-2H3,(H,23,24). The first-order valence-corrected chi connectivity index (χ1v) is 8.39. The van der Waals surface area contributed by atoms with Crippen LogP contribution in [0.2, 0.25) is 0 Å². The van der Waals surface area contributed by atoms with Crippen molar-refractivity contribution in [1.82, 2.24) is 9.97 Å². The Morgan fingerprint density at radius 1 is 1.12 bits per heavy atom. The van der Waals surface area contributed by atoms with Gasteiger partial charge in [0.25, 0.3) is 5.91 Å². The molecule has 0 aliphatic rings. The number of aromatic nitrogens is 2. The molecular weight excluding hydrogens is 314 g/mol. The molecule has 0 fully saturated rings. The first-order chi connectivity index (χ1) is 12.2. The van der Waals surface area contributed by atoms with Crippen LogP contribution >= 0.6 is 0 Å². The maximum atomic E-state index is 12.1. The van der Waals surface area contributed by atoms with E-state index in [1.54, 1.807) is 0 Å². The Labute approximate surface area is 147 Å². The average Bonchev–Trinajstić information content (AvgIpc) is 2.66. The fourth-order valence-electron chi connectivity index (χ4n) is 2.56. The van der Waals surface area contributed by atoms with Gasteiger partial charge in [-0.2, -0.15) is 0 Å². The average molecular weight is 335 g/mol. The Morgan fingerprint density at radius 2 is 1.88 bits per heavy atom. The summed E-state index contributed by atoms with van der Waals surface area (Å²) in [7, 11) is 0. The lowest BCUT2D eigenvalue weighted by Crippen LogP contribution is -2.20. The maximum Gasteiger partial charge on any atom is 0.262 e. The van der Waals surface area contributed by atoms with Crippen molar-refractivity contribution in [2.45, 2.75) is 26.2 Å². The number of nitrogens with zero attached hydrogens (tertiary/aromatic N) is 2. The van der Waals surface area contributed by atoms with Crippen LogP contribution in [0.25, 0.3) is 10.9 Å². The molecule has 1 aromatic heterocycles. The summed E-state index contributed by atoms with van der Waals surface area (Å²) in [6.45, 7) is 4.25. The van der Waals surface area contributed by atoms with Crippen LogP contribution in [-0.2, 0) is 4.79 Å². The Hall–Kier alpha value is -2.95. The number of hydrogen-bond acceptors (Lipinski definition) is 4. The molecule has 1 atom stereocenters. The van der Waals surface area contributed by atoms with Gasteiger partial charge in [0.05, 0.1) is 10.9 Å². The normalized spacial score (nSPS) is 11.9. The van der Waals surface area contributed by atoms with E-state index in [-0.39, 0.29) is 12.5 Å². The van der Waals surface area contributed by atoms with Gasteiger partial charge in [-0.3, -0.25) is 4.79 Å². The number of ether oxygens (including phenoxy) is 1. The fourth-order valence-corrected chi connectivity index (χ4v) is 2.56. The van der Waals surface area contributed by atoms with Gasteiger partial charge in [0.2, 0.25) is 5.88 Å². The second-order valence-electron chi connectivity index (χ2n) is 5.96. The summed E-state index contributed by atoms with van der Waals surface area (Å²) in [5.41, 5.74) is 2.81. The summed E-state index contributed by atoms with van der Waals surface area (Å²) in [5.74, 6) is 0.700. The molecule has 25 heavy (non-hydrogen) atoms. The summed E-state index contributed by atoms with van der Waals surface area (Å²) in [6, 6.07) is 15.5. The lowest BCUT2D eigenvalue weighted by atomic mass is 9.99. The number of benzene rings is 2. The van der Waals surface area contributed by atoms with Crippen molar-refractivity contribution >= 4 is 22.5 Å². The predicted molar refractivity (Wildman–Crippen MR) is 98.8 cm³/mol. The molecule has 5 nitrogen and oxygen atoms in total. The van der Waals surface area contributed by atoms with Crippen molar-refractivity contribution in [1.29, 1.82) is 0 Å². The summed E-state index contributed by atoms with van der Waals surface area (Å²) in [6.07, 6.45) is 2.52. The molecule has 5 heteroatoms. The Balaban J connectivity index is 1.61. The highest BCUT2D eigenvalue weighted by Gasteiger charge is 2.08. The number of carbonyl (C=O) groups is 1. The van der Waals surface area contributed by atoms with E-state index < -0.39 is 0 Å². The largest absolute Gasteiger partial charge is 0.467 e. The van der Waals surface area contributed by atoms with Crippen LogP contribution in [0.1, 0.15) is 31.7 Å². The molecule has 1 unspecified atom stereocenters. The first kappa shape index (κ1) is 16.9. The predicted octanol–water partition coefficient (Wildman–Crippen LogP) is 4.16. The molecule has 0 spiro atoms. The first-order valence-electron chi connectivity index (χ1n) is 8.39. The number of amides is 1. The zero-order valence-electron chi connectivity index (χ0n) is 14.4. The quantitative estimate of drug-likeness (QED) is 0.734. The van der Waals surface area contributed by atoms with E-state index in [9.17, 15) is 4.79 Å². The van der Waals surface area contributed by atoms with Gasteiger partial charge in [0.1, 0.15) is 6.33 Å². The molecule has 0 bridgehead atoms. The molecule has 1 heterocycles. The van der Waals surface area contributed by atoms with E-state index in [1.807, 2.05) is 48.5 Å². The number of rotatable bonds is 6. The van der Waals surface area contributed by atoms with Crippen molar-refractivity contribution in [2.24, 2.45) is 0 Å². The smallest absolute Gasteiger partial charge is 0.262 e. The van der Waals surface area contributed by atoms with Gasteiger partial charge < -0.3 is 10.1 Å². The van der Waals surface area contributed by atoms with Gasteiger partial charge >= 0.3 is 0 Å². The van der Waals surface area contributed by atoms with Crippen LogP contribution in [-0.4, -0.2) is 22.5 Å². The summed E-state index contributed by atoms with van der Waals surface area (Å²) in [5, 5.41) is 3.62. The third-order valence-electron chi connectivity index (χ3n) is 4.22. The Bertz CT molecular complexity index is 857. The molecule has 3 aromatic rings. The molecule has 0 radical (unpaired) electrons. The highest BCUT2D eigenvalue weighted by Crippen LogP contribution is 2.21. The number of hydrogen-bond donors (Lipinski definition) is 1. The van der Waals surface area contributed by atoms with E-state index in [4.69, 9.17) is 4.74 Å². The van der Waals surface area contributed by atoms with Crippen molar-refractivity contribution in [3.05, 3.63) is 60.4 Å². The van der Waals surface area contributed by atoms with E-state index in [2.05, 4.69) is 29.1 Å². The zero-order valence-corrected chi connectivity index (χ0v) is 14.4. The van der Waals surface area contributed by atoms with E-state index >= 15 is 0 Å². The molecule has 0 aliphatic carbocycles. The second kappa shape index (κ2) is 7.75. The molecular formula is C20H21N3O2. The molecule has 1 N–H and O–H groups in total. The highest BCUT2D eigenvalue weighted by atomic mass is 16.5. The SMILES string of the molecule is CCC(C)c1ccc(NC(=O)COc2ncnc3ccccc23)cc1. The third-order valence-corrected chi connectivity index (χ3v) is 4.22. The van der Waals surface area contributed by atoms with Crippen LogP contribution in [0.15, 0.2) is 54.9 Å². The second-order valence-corrected chi connectivity index (χ2v) is 5.96. The van der Waals surface area contributed by atoms with Gasteiger partial charge in [-0.05, 0) is 42.2 Å². The van der Waals surface area contributed by atoms with Gasteiger partial charge in [-0.1, -0.05) is 38.1 Å². The minimum atomic E-state index is -0.223.